The fraction of sp³-hybridized carbons (Fsp3) is 0.200. The first-order chi connectivity index (χ1) is 9.43. The highest BCUT2D eigenvalue weighted by molar-refractivity contribution is 7.89. The summed E-state index contributed by atoms with van der Waals surface area (Å²) in [5.41, 5.74) is 7.81. The smallest absolute Gasteiger partial charge is 0.243 e. The number of rotatable bonds is 4. The summed E-state index contributed by atoms with van der Waals surface area (Å²) in [7, 11) is -1.96. The van der Waals surface area contributed by atoms with Crippen LogP contribution >= 0.6 is 0 Å². The molecule has 5 heteroatoms. The van der Waals surface area contributed by atoms with Crippen LogP contribution in [0.2, 0.25) is 0 Å². The zero-order valence-electron chi connectivity index (χ0n) is 11.6. The van der Waals surface area contributed by atoms with Crippen molar-refractivity contribution in [2.75, 3.05) is 12.8 Å². The molecule has 0 saturated carbocycles. The van der Waals surface area contributed by atoms with E-state index in [4.69, 9.17) is 5.73 Å². The molecule has 0 aromatic heterocycles. The summed E-state index contributed by atoms with van der Waals surface area (Å²) >= 11 is 0. The third kappa shape index (κ3) is 2.84. The van der Waals surface area contributed by atoms with E-state index in [1.807, 2.05) is 30.3 Å². The van der Waals surface area contributed by atoms with Gasteiger partial charge in [0, 0.05) is 19.3 Å². The van der Waals surface area contributed by atoms with Crippen LogP contribution in [0.3, 0.4) is 0 Å². The SMILES string of the molecule is Cc1c(N)cccc1S(=O)(=O)N(C)Cc1ccccc1. The zero-order chi connectivity index (χ0) is 14.8. The van der Waals surface area contributed by atoms with Crippen molar-refractivity contribution in [3.63, 3.8) is 0 Å². The Hall–Kier alpha value is -1.85. The predicted octanol–water partition coefficient (Wildman–Crippen LogP) is 2.40. The number of nitrogens with zero attached hydrogens (tertiary/aromatic N) is 1. The molecule has 0 unspecified atom stereocenters. The van der Waals surface area contributed by atoms with Crippen LogP contribution in [0.1, 0.15) is 11.1 Å². The molecule has 0 fully saturated rings. The first kappa shape index (κ1) is 14.6. The van der Waals surface area contributed by atoms with Crippen molar-refractivity contribution in [3.05, 3.63) is 59.7 Å². The second-order valence-electron chi connectivity index (χ2n) is 4.72. The van der Waals surface area contributed by atoms with Crippen LogP contribution in [0.25, 0.3) is 0 Å². The average Bonchev–Trinajstić information content (AvgIpc) is 2.42. The molecule has 20 heavy (non-hydrogen) atoms. The number of hydrogen-bond acceptors (Lipinski definition) is 3. The van der Waals surface area contributed by atoms with Crippen LogP contribution < -0.4 is 5.73 Å². The number of benzene rings is 2. The Labute approximate surface area is 119 Å². The van der Waals surface area contributed by atoms with Crippen LogP contribution in [0.4, 0.5) is 5.69 Å². The third-order valence-electron chi connectivity index (χ3n) is 3.26. The Kier molecular flexibility index (Phi) is 4.11. The van der Waals surface area contributed by atoms with Crippen LogP contribution in [0.5, 0.6) is 0 Å². The van der Waals surface area contributed by atoms with Gasteiger partial charge in [-0.15, -0.1) is 0 Å². The summed E-state index contributed by atoms with van der Waals surface area (Å²) in [6.45, 7) is 2.05. The number of anilines is 1. The van der Waals surface area contributed by atoms with Crippen molar-refractivity contribution in [2.24, 2.45) is 0 Å². The Balaban J connectivity index is 2.33. The molecule has 0 radical (unpaired) electrons. The summed E-state index contributed by atoms with van der Waals surface area (Å²) in [6, 6.07) is 14.4. The maximum Gasteiger partial charge on any atom is 0.243 e. The zero-order valence-corrected chi connectivity index (χ0v) is 12.4. The van der Waals surface area contributed by atoms with E-state index in [9.17, 15) is 8.42 Å². The molecule has 106 valence electrons. The van der Waals surface area contributed by atoms with Crippen LogP contribution in [0.15, 0.2) is 53.4 Å². The van der Waals surface area contributed by atoms with Gasteiger partial charge in [0.05, 0.1) is 4.90 Å². The molecule has 2 rings (SSSR count). The molecule has 4 nitrogen and oxygen atoms in total. The molecule has 0 heterocycles. The van der Waals surface area contributed by atoms with Gasteiger partial charge in [0.15, 0.2) is 0 Å². The quantitative estimate of drug-likeness (QED) is 0.879. The van der Waals surface area contributed by atoms with E-state index in [1.54, 1.807) is 32.2 Å². The van der Waals surface area contributed by atoms with Crippen molar-refractivity contribution in [2.45, 2.75) is 18.4 Å². The maximum absolute atomic E-state index is 12.6. The van der Waals surface area contributed by atoms with Crippen molar-refractivity contribution in [3.8, 4) is 0 Å². The average molecular weight is 290 g/mol. The molecular formula is C15H18N2O2S. The number of hydrogen-bond donors (Lipinski definition) is 1. The highest BCUT2D eigenvalue weighted by Gasteiger charge is 2.23. The minimum atomic E-state index is -3.54. The molecule has 0 aliphatic heterocycles. The Morgan fingerprint density at radius 3 is 2.35 bits per heavy atom. The van der Waals surface area contributed by atoms with Gasteiger partial charge in [-0.25, -0.2) is 8.42 Å². The Morgan fingerprint density at radius 1 is 1.05 bits per heavy atom. The molecule has 0 bridgehead atoms. The lowest BCUT2D eigenvalue weighted by Crippen LogP contribution is -2.27. The van der Waals surface area contributed by atoms with Gasteiger partial charge in [0.25, 0.3) is 0 Å². The molecule has 0 saturated heterocycles. The normalized spacial score (nSPS) is 11.8. The van der Waals surface area contributed by atoms with Gasteiger partial charge in [0.1, 0.15) is 0 Å². The van der Waals surface area contributed by atoms with E-state index >= 15 is 0 Å². The lowest BCUT2D eigenvalue weighted by Gasteiger charge is -2.19. The molecule has 0 aliphatic carbocycles. The minimum absolute atomic E-state index is 0.260. The first-order valence-electron chi connectivity index (χ1n) is 6.28. The maximum atomic E-state index is 12.6. The molecule has 2 aromatic rings. The van der Waals surface area contributed by atoms with Gasteiger partial charge in [-0.3, -0.25) is 0 Å². The van der Waals surface area contributed by atoms with E-state index in [1.165, 1.54) is 4.31 Å². The summed E-state index contributed by atoms with van der Waals surface area (Å²) in [5, 5.41) is 0. The molecule has 2 N–H and O–H groups in total. The van der Waals surface area contributed by atoms with Crippen molar-refractivity contribution in [1.29, 1.82) is 0 Å². The molecule has 2 aromatic carbocycles. The monoisotopic (exact) mass is 290 g/mol. The summed E-state index contributed by atoms with van der Waals surface area (Å²) < 4.78 is 26.5. The molecule has 0 aliphatic rings. The second-order valence-corrected chi connectivity index (χ2v) is 6.73. The number of sulfonamides is 1. The van der Waals surface area contributed by atoms with Gasteiger partial charge < -0.3 is 5.73 Å². The molecule has 0 atom stereocenters. The van der Waals surface area contributed by atoms with E-state index in [2.05, 4.69) is 0 Å². The van der Waals surface area contributed by atoms with E-state index in [-0.39, 0.29) is 4.90 Å². The number of nitrogens with two attached hydrogens (primary N) is 1. The van der Waals surface area contributed by atoms with E-state index in [0.29, 0.717) is 17.8 Å². The van der Waals surface area contributed by atoms with Gasteiger partial charge in [0.2, 0.25) is 10.0 Å². The largest absolute Gasteiger partial charge is 0.398 e. The van der Waals surface area contributed by atoms with E-state index in [0.717, 1.165) is 5.56 Å². The fourth-order valence-corrected chi connectivity index (χ4v) is 3.41. The second kappa shape index (κ2) is 5.64. The van der Waals surface area contributed by atoms with Gasteiger partial charge in [-0.2, -0.15) is 4.31 Å². The summed E-state index contributed by atoms with van der Waals surface area (Å²) in [4.78, 5) is 0.260. The van der Waals surface area contributed by atoms with Crippen molar-refractivity contribution < 1.29 is 8.42 Å². The molecule has 0 amide bonds. The fourth-order valence-electron chi connectivity index (χ4n) is 2.00. The first-order valence-corrected chi connectivity index (χ1v) is 7.72. The third-order valence-corrected chi connectivity index (χ3v) is 5.21. The van der Waals surface area contributed by atoms with Crippen LogP contribution in [-0.4, -0.2) is 19.8 Å². The lowest BCUT2D eigenvalue weighted by molar-refractivity contribution is 0.466. The number of nitrogen functional groups attached to an aromatic ring is 1. The predicted molar refractivity (Wildman–Crippen MR) is 80.7 cm³/mol. The van der Waals surface area contributed by atoms with Gasteiger partial charge in [-0.1, -0.05) is 36.4 Å². The van der Waals surface area contributed by atoms with Crippen molar-refractivity contribution in [1.82, 2.24) is 4.31 Å². The van der Waals surface area contributed by atoms with Gasteiger partial charge in [-0.05, 0) is 30.2 Å². The Morgan fingerprint density at radius 2 is 1.70 bits per heavy atom. The summed E-state index contributed by atoms with van der Waals surface area (Å²) in [6.07, 6.45) is 0. The summed E-state index contributed by atoms with van der Waals surface area (Å²) in [5.74, 6) is 0. The van der Waals surface area contributed by atoms with Crippen molar-refractivity contribution >= 4 is 15.7 Å². The highest BCUT2D eigenvalue weighted by atomic mass is 32.2. The van der Waals surface area contributed by atoms with Crippen LogP contribution in [-0.2, 0) is 16.6 Å². The molecule has 0 spiro atoms. The van der Waals surface area contributed by atoms with Crippen LogP contribution in [0, 0.1) is 6.92 Å². The highest BCUT2D eigenvalue weighted by Crippen LogP contribution is 2.24. The molecular weight excluding hydrogens is 272 g/mol. The van der Waals surface area contributed by atoms with Gasteiger partial charge >= 0.3 is 0 Å². The van der Waals surface area contributed by atoms with E-state index < -0.39 is 10.0 Å². The lowest BCUT2D eigenvalue weighted by atomic mass is 10.2. The Bertz CT molecular complexity index is 697. The topological polar surface area (TPSA) is 63.4 Å². The minimum Gasteiger partial charge on any atom is -0.398 e. The standard InChI is InChI=1S/C15H18N2O2S/c1-12-14(16)9-6-10-15(12)20(18,19)17(2)11-13-7-4-3-5-8-13/h3-10H,11,16H2,1-2H3.